The minimum atomic E-state index is -0.170. The molecule has 0 unspecified atom stereocenters. The van der Waals surface area contributed by atoms with Crippen LogP contribution in [0.1, 0.15) is 98.3 Å². The number of carbonyl (C=O) groups excluding carboxylic acids is 2. The summed E-state index contributed by atoms with van der Waals surface area (Å²) in [6.45, 7) is 12.7. The molecule has 4 aliphatic carbocycles. The molecule has 2 heterocycles. The maximum absolute atomic E-state index is 12.7. The van der Waals surface area contributed by atoms with Gasteiger partial charge in [-0.1, -0.05) is 39.3 Å². The first-order valence-electron chi connectivity index (χ1n) is 17.3. The first-order chi connectivity index (χ1) is 19.9. The average molecular weight is 583 g/mol. The van der Waals surface area contributed by atoms with Crippen molar-refractivity contribution in [3.05, 3.63) is 11.6 Å². The van der Waals surface area contributed by atoms with Gasteiger partial charge in [-0.2, -0.15) is 0 Å². The zero-order valence-corrected chi connectivity index (χ0v) is 27.3. The van der Waals surface area contributed by atoms with E-state index >= 15 is 0 Å². The van der Waals surface area contributed by atoms with Gasteiger partial charge in [0.25, 0.3) is 0 Å². The summed E-state index contributed by atoms with van der Waals surface area (Å²) in [5.41, 5.74) is 2.09. The molecule has 1 spiro atoms. The second-order valence-corrected chi connectivity index (χ2v) is 16.1. The van der Waals surface area contributed by atoms with Gasteiger partial charge in [-0.15, -0.1) is 0 Å². The Labute approximate surface area is 254 Å². The van der Waals surface area contributed by atoms with Gasteiger partial charge in [-0.05, 0) is 125 Å². The standard InChI is InChI=1S/C35H58N4O3/c1-22-10-15-35(37-21-22)23(2)32-29(42-35)19-28-26-9-8-24-18-25(11-13-33(24,3)27(26)12-14-34(28,32)4)38-31(41)20-30(40)36-16-7-17-39(5)6/h8,22-23,25-29,32,37H,7,9-21H2,1-6H3,(H,36,40)(H,38,41)/t22-,23+,25+,26-,27+,28+,29+,32+,33+,34+,35-/m1/s1. The molecule has 42 heavy (non-hydrogen) atoms. The molecular weight excluding hydrogens is 524 g/mol. The molecule has 2 amide bonds. The summed E-state index contributed by atoms with van der Waals surface area (Å²) in [5, 5.41) is 10.0. The lowest BCUT2D eigenvalue weighted by atomic mass is 9.46. The van der Waals surface area contributed by atoms with E-state index in [0.717, 1.165) is 62.4 Å². The summed E-state index contributed by atoms with van der Waals surface area (Å²) in [5.74, 6) is 3.91. The van der Waals surface area contributed by atoms with Gasteiger partial charge in [-0.3, -0.25) is 14.9 Å². The van der Waals surface area contributed by atoms with Crippen molar-refractivity contribution in [3.8, 4) is 0 Å². The number of carbonyl (C=O) groups is 2. The van der Waals surface area contributed by atoms with Crippen LogP contribution in [0.4, 0.5) is 0 Å². The molecule has 236 valence electrons. The number of nitrogens with one attached hydrogen (secondary N) is 3. The molecule has 3 saturated carbocycles. The predicted molar refractivity (Wildman–Crippen MR) is 166 cm³/mol. The zero-order chi connectivity index (χ0) is 29.9. The Kier molecular flexibility index (Phi) is 8.36. The topological polar surface area (TPSA) is 82.7 Å². The van der Waals surface area contributed by atoms with Crippen LogP contribution >= 0.6 is 0 Å². The highest BCUT2D eigenvalue weighted by Gasteiger charge is 2.68. The Morgan fingerprint density at radius 3 is 2.62 bits per heavy atom. The summed E-state index contributed by atoms with van der Waals surface area (Å²) >= 11 is 0. The highest BCUT2D eigenvalue weighted by Crippen LogP contribution is 2.70. The Morgan fingerprint density at radius 1 is 1.07 bits per heavy atom. The van der Waals surface area contributed by atoms with Crippen molar-refractivity contribution in [1.29, 1.82) is 0 Å². The lowest BCUT2D eigenvalue weighted by molar-refractivity contribution is -0.129. The second kappa shape index (κ2) is 11.5. The molecule has 2 saturated heterocycles. The summed E-state index contributed by atoms with van der Waals surface area (Å²) < 4.78 is 7.06. The van der Waals surface area contributed by atoms with Crippen molar-refractivity contribution in [2.45, 2.75) is 116 Å². The van der Waals surface area contributed by atoms with Crippen LogP contribution in [-0.4, -0.2) is 68.3 Å². The number of nitrogens with zero attached hydrogens (tertiary/aromatic N) is 1. The van der Waals surface area contributed by atoms with E-state index in [1.54, 1.807) is 5.57 Å². The van der Waals surface area contributed by atoms with Crippen LogP contribution in [0.25, 0.3) is 0 Å². The third-order valence-corrected chi connectivity index (χ3v) is 13.4. The van der Waals surface area contributed by atoms with Crippen molar-refractivity contribution in [1.82, 2.24) is 20.9 Å². The first kappa shape index (κ1) is 30.6. The van der Waals surface area contributed by atoms with Crippen LogP contribution < -0.4 is 16.0 Å². The lowest BCUT2D eigenvalue weighted by Gasteiger charge is -2.58. The van der Waals surface area contributed by atoms with Gasteiger partial charge in [0, 0.05) is 25.0 Å². The zero-order valence-electron chi connectivity index (χ0n) is 27.3. The molecule has 7 nitrogen and oxygen atoms in total. The normalized spacial score (nSPS) is 45.9. The van der Waals surface area contributed by atoms with Crippen LogP contribution in [0.2, 0.25) is 0 Å². The quantitative estimate of drug-likeness (QED) is 0.227. The fraction of sp³-hybridized carbons (Fsp3) is 0.886. The average Bonchev–Trinajstić information content (AvgIpc) is 3.38. The van der Waals surface area contributed by atoms with E-state index in [4.69, 9.17) is 4.74 Å². The van der Waals surface area contributed by atoms with Crippen molar-refractivity contribution in [2.75, 3.05) is 33.7 Å². The van der Waals surface area contributed by atoms with Crippen molar-refractivity contribution in [2.24, 2.45) is 46.3 Å². The number of piperidine rings is 1. The van der Waals surface area contributed by atoms with E-state index in [0.29, 0.717) is 29.9 Å². The molecule has 0 radical (unpaired) electrons. The molecule has 6 rings (SSSR count). The van der Waals surface area contributed by atoms with E-state index in [-0.39, 0.29) is 35.4 Å². The lowest BCUT2D eigenvalue weighted by Crippen LogP contribution is -2.57. The smallest absolute Gasteiger partial charge is 0.229 e. The molecule has 0 bridgehead atoms. The summed E-state index contributed by atoms with van der Waals surface area (Å²) in [6.07, 6.45) is 14.4. The fourth-order valence-electron chi connectivity index (χ4n) is 11.1. The van der Waals surface area contributed by atoms with E-state index in [1.165, 1.54) is 38.5 Å². The summed E-state index contributed by atoms with van der Waals surface area (Å²) in [6, 6.07) is 0.144. The number of fused-ring (bicyclic) bond motifs is 7. The SMILES string of the molecule is C[C@@H]1CC[C@@]2(NC1)O[C@H]1C[C@H]3[C@@H]4CC=C5C[C@@H](NC(=O)CC(=O)NCCCN(C)C)CC[C@]5(C)[C@H]4CC[C@]3(C)[C@H]1[C@@H]2C. The van der Waals surface area contributed by atoms with Gasteiger partial charge >= 0.3 is 0 Å². The molecule has 0 aromatic heterocycles. The molecule has 2 aliphatic heterocycles. The largest absolute Gasteiger partial charge is 0.357 e. The number of allylic oxidation sites excluding steroid dienone is 1. The maximum Gasteiger partial charge on any atom is 0.229 e. The van der Waals surface area contributed by atoms with E-state index < -0.39 is 0 Å². The van der Waals surface area contributed by atoms with Crippen molar-refractivity contribution >= 4 is 11.8 Å². The summed E-state index contributed by atoms with van der Waals surface area (Å²) in [4.78, 5) is 27.1. The summed E-state index contributed by atoms with van der Waals surface area (Å²) in [7, 11) is 4.05. The number of hydrogen-bond acceptors (Lipinski definition) is 5. The maximum atomic E-state index is 12.7. The second-order valence-electron chi connectivity index (χ2n) is 16.1. The Hall–Kier alpha value is -1.44. The molecule has 3 N–H and O–H groups in total. The minimum absolute atomic E-state index is 0.0710. The van der Waals surface area contributed by atoms with E-state index in [2.05, 4.69) is 54.6 Å². The van der Waals surface area contributed by atoms with Gasteiger partial charge in [0.1, 0.15) is 12.1 Å². The van der Waals surface area contributed by atoms with E-state index in [9.17, 15) is 9.59 Å². The third-order valence-electron chi connectivity index (χ3n) is 13.4. The van der Waals surface area contributed by atoms with E-state index in [1.807, 2.05) is 14.1 Å². The molecule has 5 fully saturated rings. The molecule has 0 aromatic rings. The van der Waals surface area contributed by atoms with Crippen molar-refractivity contribution < 1.29 is 14.3 Å². The molecule has 11 atom stereocenters. The van der Waals surface area contributed by atoms with Gasteiger partial charge in [0.2, 0.25) is 11.8 Å². The van der Waals surface area contributed by atoms with Crippen LogP contribution in [-0.2, 0) is 14.3 Å². The van der Waals surface area contributed by atoms with Crippen LogP contribution in [0, 0.1) is 46.3 Å². The van der Waals surface area contributed by atoms with Crippen LogP contribution in [0.5, 0.6) is 0 Å². The van der Waals surface area contributed by atoms with Gasteiger partial charge in [0.15, 0.2) is 0 Å². The minimum Gasteiger partial charge on any atom is -0.357 e. The number of hydrogen-bond donors (Lipinski definition) is 3. The van der Waals surface area contributed by atoms with Gasteiger partial charge < -0.3 is 20.3 Å². The Bertz CT molecular complexity index is 1070. The molecule has 7 heteroatoms. The predicted octanol–water partition coefficient (Wildman–Crippen LogP) is 4.87. The number of amides is 2. The number of rotatable bonds is 7. The van der Waals surface area contributed by atoms with Crippen LogP contribution in [0.3, 0.4) is 0 Å². The highest BCUT2D eigenvalue weighted by atomic mass is 16.5. The Morgan fingerprint density at radius 2 is 1.88 bits per heavy atom. The molecule has 0 aromatic carbocycles. The number of ether oxygens (including phenoxy) is 1. The Balaban J connectivity index is 1.06. The first-order valence-corrected chi connectivity index (χ1v) is 17.3. The van der Waals surface area contributed by atoms with Crippen LogP contribution in [0.15, 0.2) is 11.6 Å². The molecule has 6 aliphatic rings. The fourth-order valence-corrected chi connectivity index (χ4v) is 11.1. The van der Waals surface area contributed by atoms with Gasteiger partial charge in [0.05, 0.1) is 6.10 Å². The van der Waals surface area contributed by atoms with Gasteiger partial charge in [-0.25, -0.2) is 0 Å². The monoisotopic (exact) mass is 582 g/mol. The third kappa shape index (κ3) is 5.27. The highest BCUT2D eigenvalue weighted by molar-refractivity contribution is 5.96. The molecular formula is C35H58N4O3. The van der Waals surface area contributed by atoms with Crippen molar-refractivity contribution in [3.63, 3.8) is 0 Å².